The number of hydrogen-bond acceptors (Lipinski definition) is 6. The lowest BCUT2D eigenvalue weighted by atomic mass is 9.82. The molecule has 1 amide bonds. The van der Waals surface area contributed by atoms with E-state index in [0.29, 0.717) is 17.8 Å². The molecule has 7 heteroatoms. The second kappa shape index (κ2) is 7.50. The zero-order valence-corrected chi connectivity index (χ0v) is 15.3. The van der Waals surface area contributed by atoms with Crippen LogP contribution in [0, 0.1) is 11.8 Å². The molecule has 25 heavy (non-hydrogen) atoms. The summed E-state index contributed by atoms with van der Waals surface area (Å²) in [5.74, 6) is 4.03. The van der Waals surface area contributed by atoms with Crippen LogP contribution in [0.25, 0.3) is 0 Å². The Balaban J connectivity index is 1.20. The topological polar surface area (TPSA) is 67.4 Å². The van der Waals surface area contributed by atoms with Gasteiger partial charge in [-0.25, -0.2) is 9.97 Å². The summed E-state index contributed by atoms with van der Waals surface area (Å²) >= 11 is 1.97. The van der Waals surface area contributed by atoms with Crippen LogP contribution in [0.5, 0.6) is 0 Å². The van der Waals surface area contributed by atoms with Gasteiger partial charge in [0.15, 0.2) is 0 Å². The van der Waals surface area contributed by atoms with Gasteiger partial charge in [-0.3, -0.25) is 4.79 Å². The zero-order valence-electron chi connectivity index (χ0n) is 14.5. The Hall–Kier alpha value is -1.34. The van der Waals surface area contributed by atoms with Gasteiger partial charge in [0.2, 0.25) is 11.9 Å². The van der Waals surface area contributed by atoms with Gasteiger partial charge in [0.05, 0.1) is 19.7 Å². The molecule has 3 aliphatic heterocycles. The molecule has 0 aromatic carbocycles. The minimum Gasteiger partial charge on any atom is -0.371 e. The first-order valence-corrected chi connectivity index (χ1v) is 10.4. The molecule has 3 aliphatic rings. The summed E-state index contributed by atoms with van der Waals surface area (Å²) in [5.41, 5.74) is -0.0706. The number of carbonyl (C=O) groups excluding carboxylic acids is 1. The van der Waals surface area contributed by atoms with Crippen LogP contribution >= 0.6 is 11.8 Å². The third kappa shape index (κ3) is 3.92. The molecule has 3 fully saturated rings. The second-order valence-electron chi connectivity index (χ2n) is 7.43. The average Bonchev–Trinajstić information content (AvgIpc) is 2.66. The summed E-state index contributed by atoms with van der Waals surface area (Å²) in [6.45, 7) is 3.17. The Morgan fingerprint density at radius 1 is 1.28 bits per heavy atom. The highest BCUT2D eigenvalue weighted by atomic mass is 32.2. The minimum absolute atomic E-state index is 0.0706. The van der Waals surface area contributed by atoms with Crippen LogP contribution in [0.4, 0.5) is 5.95 Å². The highest BCUT2D eigenvalue weighted by Crippen LogP contribution is 2.37. The van der Waals surface area contributed by atoms with Gasteiger partial charge >= 0.3 is 0 Å². The highest BCUT2D eigenvalue weighted by molar-refractivity contribution is 7.99. The fraction of sp³-hybridized carbons (Fsp3) is 0.722. The number of amides is 1. The number of likely N-dealkylation sites (tertiary alicyclic amines) is 1. The van der Waals surface area contributed by atoms with E-state index in [1.807, 2.05) is 22.7 Å². The summed E-state index contributed by atoms with van der Waals surface area (Å²) in [6.07, 6.45) is 7.74. The molecule has 1 spiro atoms. The predicted molar refractivity (Wildman–Crippen MR) is 98.6 cm³/mol. The van der Waals surface area contributed by atoms with Crippen LogP contribution in [0.2, 0.25) is 0 Å². The molecular formula is C18H26N4O2S. The van der Waals surface area contributed by atoms with Crippen LogP contribution in [0.1, 0.15) is 25.7 Å². The lowest BCUT2D eigenvalue weighted by Crippen LogP contribution is -2.67. The van der Waals surface area contributed by atoms with Gasteiger partial charge in [-0.15, -0.1) is 0 Å². The van der Waals surface area contributed by atoms with Gasteiger partial charge in [0.1, 0.15) is 5.60 Å². The van der Waals surface area contributed by atoms with Crippen molar-refractivity contribution in [1.82, 2.24) is 14.9 Å². The average molecular weight is 362 g/mol. The Bertz CT molecular complexity index is 578. The van der Waals surface area contributed by atoms with Gasteiger partial charge in [-0.05, 0) is 49.2 Å². The number of rotatable bonds is 4. The van der Waals surface area contributed by atoms with Gasteiger partial charge in [-0.1, -0.05) is 0 Å². The van der Waals surface area contributed by atoms with Crippen molar-refractivity contribution in [1.29, 1.82) is 0 Å². The van der Waals surface area contributed by atoms with Crippen molar-refractivity contribution in [2.45, 2.75) is 31.3 Å². The Labute approximate surface area is 153 Å². The normalized spacial score (nSPS) is 26.2. The summed E-state index contributed by atoms with van der Waals surface area (Å²) in [6, 6.07) is 1.81. The quantitative estimate of drug-likeness (QED) is 0.884. The van der Waals surface area contributed by atoms with E-state index in [0.717, 1.165) is 63.4 Å². The molecule has 4 heterocycles. The smallest absolute Gasteiger partial charge is 0.225 e. The zero-order chi connectivity index (χ0) is 17.1. The Morgan fingerprint density at radius 2 is 2.04 bits per heavy atom. The molecule has 6 nitrogen and oxygen atoms in total. The molecule has 0 saturated carbocycles. The maximum Gasteiger partial charge on any atom is 0.225 e. The van der Waals surface area contributed by atoms with Gasteiger partial charge in [0, 0.05) is 24.9 Å². The predicted octanol–water partition coefficient (Wildman–Crippen LogP) is 2.04. The first-order chi connectivity index (χ1) is 12.2. The van der Waals surface area contributed by atoms with Gasteiger partial charge in [-0.2, -0.15) is 11.8 Å². The molecule has 1 aromatic rings. The van der Waals surface area contributed by atoms with Crippen LogP contribution < -0.4 is 5.32 Å². The maximum absolute atomic E-state index is 12.6. The van der Waals surface area contributed by atoms with Crippen molar-refractivity contribution in [3.63, 3.8) is 0 Å². The van der Waals surface area contributed by atoms with E-state index in [1.54, 1.807) is 12.4 Å². The number of carbonyl (C=O) groups is 1. The first-order valence-electron chi connectivity index (χ1n) is 9.25. The monoisotopic (exact) mass is 362 g/mol. The standard InChI is InChI=1S/C18H26N4O2S/c23-16(15-3-8-25-9-4-15)22-12-18(13-22)5-2-14(11-24-18)10-21-17-19-6-1-7-20-17/h1,6-7,14-15H,2-5,8-13H2,(H,19,20,21)/t14-/m0/s1. The SMILES string of the molecule is O=C(C1CCSCC1)N1CC2(CC[C@@H](CNc3ncccn3)CO2)C1. The van der Waals surface area contributed by atoms with Crippen molar-refractivity contribution in [3.05, 3.63) is 18.5 Å². The molecule has 1 atom stereocenters. The van der Waals surface area contributed by atoms with E-state index in [2.05, 4.69) is 15.3 Å². The molecule has 0 bridgehead atoms. The third-order valence-electron chi connectivity index (χ3n) is 5.59. The first kappa shape index (κ1) is 17.1. The minimum atomic E-state index is -0.0706. The molecular weight excluding hydrogens is 336 g/mol. The fourth-order valence-corrected chi connectivity index (χ4v) is 5.07. The van der Waals surface area contributed by atoms with Crippen molar-refractivity contribution >= 4 is 23.6 Å². The highest BCUT2D eigenvalue weighted by Gasteiger charge is 2.49. The number of thioether (sulfide) groups is 1. The lowest BCUT2D eigenvalue weighted by molar-refractivity contribution is -0.190. The molecule has 136 valence electrons. The third-order valence-corrected chi connectivity index (χ3v) is 6.64. The molecule has 1 N–H and O–H groups in total. The lowest BCUT2D eigenvalue weighted by Gasteiger charge is -2.53. The van der Waals surface area contributed by atoms with Crippen LogP contribution in [-0.2, 0) is 9.53 Å². The van der Waals surface area contributed by atoms with E-state index >= 15 is 0 Å². The van der Waals surface area contributed by atoms with Crippen molar-refractivity contribution < 1.29 is 9.53 Å². The summed E-state index contributed by atoms with van der Waals surface area (Å²) in [4.78, 5) is 23.0. The van der Waals surface area contributed by atoms with Gasteiger partial charge < -0.3 is 15.0 Å². The molecule has 1 aromatic heterocycles. The second-order valence-corrected chi connectivity index (χ2v) is 8.66. The van der Waals surface area contributed by atoms with E-state index in [9.17, 15) is 4.79 Å². The number of ether oxygens (including phenoxy) is 1. The maximum atomic E-state index is 12.6. The molecule has 0 radical (unpaired) electrons. The number of aromatic nitrogens is 2. The van der Waals surface area contributed by atoms with E-state index in [-0.39, 0.29) is 11.5 Å². The number of anilines is 1. The molecule has 0 unspecified atom stereocenters. The number of nitrogens with zero attached hydrogens (tertiary/aromatic N) is 3. The van der Waals surface area contributed by atoms with E-state index in [1.165, 1.54) is 0 Å². The molecule has 3 saturated heterocycles. The van der Waals surface area contributed by atoms with Crippen LogP contribution in [0.3, 0.4) is 0 Å². The molecule has 4 rings (SSSR count). The van der Waals surface area contributed by atoms with Gasteiger partial charge in [0.25, 0.3) is 0 Å². The van der Waals surface area contributed by atoms with E-state index < -0.39 is 0 Å². The van der Waals surface area contributed by atoms with E-state index in [4.69, 9.17) is 4.74 Å². The fourth-order valence-electron chi connectivity index (χ4n) is 3.96. The number of hydrogen-bond donors (Lipinski definition) is 1. The summed E-state index contributed by atoms with van der Waals surface area (Å²) < 4.78 is 6.19. The molecule has 0 aliphatic carbocycles. The van der Waals surface area contributed by atoms with Crippen molar-refractivity contribution in [2.24, 2.45) is 11.8 Å². The van der Waals surface area contributed by atoms with Crippen LogP contribution in [0.15, 0.2) is 18.5 Å². The van der Waals surface area contributed by atoms with Crippen LogP contribution in [-0.4, -0.2) is 64.1 Å². The Morgan fingerprint density at radius 3 is 2.72 bits per heavy atom. The summed E-state index contributed by atoms with van der Waals surface area (Å²) in [7, 11) is 0. The number of nitrogens with one attached hydrogen (secondary N) is 1. The van der Waals surface area contributed by atoms with Crippen molar-refractivity contribution in [2.75, 3.05) is 43.1 Å². The largest absolute Gasteiger partial charge is 0.371 e. The summed E-state index contributed by atoms with van der Waals surface area (Å²) in [5, 5.41) is 3.28. The van der Waals surface area contributed by atoms with Crippen molar-refractivity contribution in [3.8, 4) is 0 Å². The Kier molecular flexibility index (Phi) is 5.12.